The van der Waals surface area contributed by atoms with Crippen LogP contribution in [0.2, 0.25) is 0 Å². The van der Waals surface area contributed by atoms with Crippen LogP contribution in [0.1, 0.15) is 19.8 Å². The molecule has 0 N–H and O–H groups in total. The van der Waals surface area contributed by atoms with E-state index in [9.17, 15) is 0 Å². The standard InChI is InChI=1S/C13H16OS/c1-3-13(2)10-9-12(14-13)15-11-7-5-4-6-8-11/h3-8,12H,1,9-10H2,2H3/t12-,13-/m0/s1. The average molecular weight is 220 g/mol. The van der Waals surface area contributed by atoms with Crippen LogP contribution in [0, 0.1) is 0 Å². The van der Waals surface area contributed by atoms with Gasteiger partial charge in [-0.25, -0.2) is 0 Å². The van der Waals surface area contributed by atoms with Gasteiger partial charge < -0.3 is 4.74 Å². The Morgan fingerprint density at radius 2 is 2.20 bits per heavy atom. The van der Waals surface area contributed by atoms with Crippen LogP contribution in [0.5, 0.6) is 0 Å². The highest BCUT2D eigenvalue weighted by Gasteiger charge is 2.33. The Hall–Kier alpha value is -0.730. The highest BCUT2D eigenvalue weighted by atomic mass is 32.2. The van der Waals surface area contributed by atoms with Gasteiger partial charge in [-0.3, -0.25) is 0 Å². The third-order valence-corrected chi connectivity index (χ3v) is 3.86. The second-order valence-electron chi connectivity index (χ2n) is 4.03. The summed E-state index contributed by atoms with van der Waals surface area (Å²) in [4.78, 5) is 1.27. The third kappa shape index (κ3) is 2.64. The van der Waals surface area contributed by atoms with Crippen molar-refractivity contribution in [3.05, 3.63) is 43.0 Å². The molecular formula is C13H16OS. The quantitative estimate of drug-likeness (QED) is 0.715. The van der Waals surface area contributed by atoms with Gasteiger partial charge in [-0.15, -0.1) is 6.58 Å². The summed E-state index contributed by atoms with van der Waals surface area (Å²) in [6.07, 6.45) is 4.08. The maximum absolute atomic E-state index is 5.95. The number of hydrogen-bond donors (Lipinski definition) is 0. The van der Waals surface area contributed by atoms with E-state index in [1.54, 1.807) is 11.8 Å². The fraction of sp³-hybridized carbons (Fsp3) is 0.385. The van der Waals surface area contributed by atoms with Gasteiger partial charge in [-0.2, -0.15) is 0 Å². The topological polar surface area (TPSA) is 9.23 Å². The van der Waals surface area contributed by atoms with Crippen LogP contribution >= 0.6 is 11.8 Å². The van der Waals surface area contributed by atoms with Gasteiger partial charge in [0.25, 0.3) is 0 Å². The monoisotopic (exact) mass is 220 g/mol. The Bertz CT molecular complexity index is 336. The Morgan fingerprint density at radius 3 is 2.80 bits per heavy atom. The van der Waals surface area contributed by atoms with Crippen LogP contribution in [0.4, 0.5) is 0 Å². The normalized spacial score (nSPS) is 30.3. The molecule has 0 spiro atoms. The summed E-state index contributed by atoms with van der Waals surface area (Å²) < 4.78 is 5.95. The lowest BCUT2D eigenvalue weighted by Gasteiger charge is -2.19. The largest absolute Gasteiger partial charge is 0.357 e. The van der Waals surface area contributed by atoms with E-state index in [1.807, 2.05) is 12.1 Å². The molecule has 80 valence electrons. The van der Waals surface area contributed by atoms with Gasteiger partial charge in [0, 0.05) is 4.90 Å². The van der Waals surface area contributed by atoms with Crippen molar-refractivity contribution >= 4 is 11.8 Å². The number of rotatable bonds is 3. The van der Waals surface area contributed by atoms with Crippen molar-refractivity contribution in [2.75, 3.05) is 0 Å². The fourth-order valence-electron chi connectivity index (χ4n) is 1.71. The molecule has 0 amide bonds. The average Bonchev–Trinajstić information content (AvgIpc) is 2.63. The van der Waals surface area contributed by atoms with Crippen LogP contribution in [-0.4, -0.2) is 11.0 Å². The lowest BCUT2D eigenvalue weighted by Crippen LogP contribution is -2.20. The van der Waals surface area contributed by atoms with Gasteiger partial charge in [0.05, 0.1) is 5.60 Å². The van der Waals surface area contributed by atoms with E-state index in [1.165, 1.54) is 4.90 Å². The molecule has 1 saturated heterocycles. The van der Waals surface area contributed by atoms with Gasteiger partial charge in [-0.1, -0.05) is 36.0 Å². The Morgan fingerprint density at radius 1 is 1.47 bits per heavy atom. The Labute approximate surface area is 95.5 Å². The van der Waals surface area contributed by atoms with Crippen molar-refractivity contribution in [2.45, 2.75) is 35.7 Å². The van der Waals surface area contributed by atoms with Crippen LogP contribution in [0.15, 0.2) is 47.9 Å². The molecule has 2 heteroatoms. The predicted molar refractivity (Wildman–Crippen MR) is 65.0 cm³/mol. The molecular weight excluding hydrogens is 204 g/mol. The van der Waals surface area contributed by atoms with Crippen molar-refractivity contribution in [3.63, 3.8) is 0 Å². The molecule has 0 aliphatic carbocycles. The minimum Gasteiger partial charge on any atom is -0.357 e. The van der Waals surface area contributed by atoms with Crippen molar-refractivity contribution < 1.29 is 4.74 Å². The second-order valence-corrected chi connectivity index (χ2v) is 5.27. The van der Waals surface area contributed by atoms with Gasteiger partial charge in [0.2, 0.25) is 0 Å². The van der Waals surface area contributed by atoms with Gasteiger partial charge in [0.15, 0.2) is 0 Å². The number of ether oxygens (including phenoxy) is 1. The molecule has 0 radical (unpaired) electrons. The highest BCUT2D eigenvalue weighted by Crippen LogP contribution is 2.39. The molecule has 0 saturated carbocycles. The molecule has 1 heterocycles. The highest BCUT2D eigenvalue weighted by molar-refractivity contribution is 7.99. The van der Waals surface area contributed by atoms with E-state index in [0.717, 1.165) is 12.8 Å². The van der Waals surface area contributed by atoms with Gasteiger partial charge in [0.1, 0.15) is 5.44 Å². The summed E-state index contributed by atoms with van der Waals surface area (Å²) >= 11 is 1.80. The van der Waals surface area contributed by atoms with E-state index >= 15 is 0 Å². The number of hydrogen-bond acceptors (Lipinski definition) is 2. The minimum atomic E-state index is -0.119. The lowest BCUT2D eigenvalue weighted by atomic mass is 10.0. The van der Waals surface area contributed by atoms with Crippen molar-refractivity contribution in [1.82, 2.24) is 0 Å². The summed E-state index contributed by atoms with van der Waals surface area (Å²) in [6.45, 7) is 5.92. The molecule has 1 fully saturated rings. The summed E-state index contributed by atoms with van der Waals surface area (Å²) in [5, 5.41) is 0. The lowest BCUT2D eigenvalue weighted by molar-refractivity contribution is 0.0455. The minimum absolute atomic E-state index is 0.119. The fourth-order valence-corrected chi connectivity index (χ4v) is 2.83. The molecule has 1 aromatic carbocycles. The van der Waals surface area contributed by atoms with Gasteiger partial charge in [-0.05, 0) is 31.9 Å². The van der Waals surface area contributed by atoms with E-state index in [-0.39, 0.29) is 11.0 Å². The molecule has 2 atom stereocenters. The summed E-state index contributed by atoms with van der Waals surface area (Å²) in [5.41, 5.74) is 0.155. The predicted octanol–water partition coefficient (Wildman–Crippen LogP) is 3.86. The Balaban J connectivity index is 1.96. The molecule has 2 rings (SSSR count). The maximum atomic E-state index is 5.95. The van der Waals surface area contributed by atoms with E-state index < -0.39 is 0 Å². The molecule has 15 heavy (non-hydrogen) atoms. The Kier molecular flexibility index (Phi) is 3.17. The van der Waals surface area contributed by atoms with Gasteiger partial charge >= 0.3 is 0 Å². The molecule has 0 aromatic heterocycles. The first-order chi connectivity index (χ1) is 7.22. The van der Waals surface area contributed by atoms with Crippen LogP contribution in [-0.2, 0) is 4.74 Å². The van der Waals surface area contributed by atoms with Crippen molar-refractivity contribution in [1.29, 1.82) is 0 Å². The first kappa shape index (κ1) is 10.8. The molecule has 1 aliphatic rings. The number of thioether (sulfide) groups is 1. The van der Waals surface area contributed by atoms with E-state index in [4.69, 9.17) is 4.74 Å². The first-order valence-corrected chi connectivity index (χ1v) is 6.13. The maximum Gasteiger partial charge on any atom is 0.109 e. The molecule has 1 aliphatic heterocycles. The molecule has 1 nitrogen and oxygen atoms in total. The van der Waals surface area contributed by atoms with Crippen LogP contribution in [0.25, 0.3) is 0 Å². The van der Waals surface area contributed by atoms with Crippen molar-refractivity contribution in [3.8, 4) is 0 Å². The molecule has 0 bridgehead atoms. The summed E-state index contributed by atoms with van der Waals surface area (Å²) in [6, 6.07) is 10.4. The van der Waals surface area contributed by atoms with E-state index in [2.05, 4.69) is 37.8 Å². The number of benzene rings is 1. The molecule has 0 unspecified atom stereocenters. The SMILES string of the molecule is C=C[C@@]1(C)CC[C@H](Sc2ccccc2)O1. The van der Waals surface area contributed by atoms with Crippen LogP contribution < -0.4 is 0 Å². The molecule has 1 aromatic rings. The van der Waals surface area contributed by atoms with Crippen LogP contribution in [0.3, 0.4) is 0 Å². The smallest absolute Gasteiger partial charge is 0.109 e. The second kappa shape index (κ2) is 4.42. The summed E-state index contributed by atoms with van der Waals surface area (Å²) in [5.74, 6) is 0. The first-order valence-electron chi connectivity index (χ1n) is 5.25. The van der Waals surface area contributed by atoms with Crippen molar-refractivity contribution in [2.24, 2.45) is 0 Å². The zero-order valence-electron chi connectivity index (χ0n) is 8.98. The third-order valence-electron chi connectivity index (χ3n) is 2.72. The zero-order chi connectivity index (χ0) is 10.7. The zero-order valence-corrected chi connectivity index (χ0v) is 9.80. The van der Waals surface area contributed by atoms with E-state index in [0.29, 0.717) is 0 Å². The summed E-state index contributed by atoms with van der Waals surface area (Å²) in [7, 11) is 0.